The Morgan fingerprint density at radius 2 is 2.07 bits per heavy atom. The number of rotatable bonds is 3. The van der Waals surface area contributed by atoms with Crippen LogP contribution in [-0.4, -0.2) is 15.0 Å². The molecule has 0 aliphatic carbocycles. The van der Waals surface area contributed by atoms with Gasteiger partial charge in [0.15, 0.2) is 0 Å². The summed E-state index contributed by atoms with van der Waals surface area (Å²) in [7, 11) is 0. The molecule has 4 heteroatoms. The first kappa shape index (κ1) is 9.73. The zero-order chi connectivity index (χ0) is 10.5. The van der Waals surface area contributed by atoms with Gasteiger partial charge in [-0.05, 0) is 12.1 Å². The molecule has 0 radical (unpaired) electrons. The molecule has 2 rings (SSSR count). The molecule has 2 aromatic rings. The molecule has 0 saturated heterocycles. The highest BCUT2D eigenvalue weighted by atomic mass is 14.8. The minimum absolute atomic E-state index is 0.145. The average molecular weight is 200 g/mol. The minimum atomic E-state index is -0.145. The molecule has 76 valence electrons. The van der Waals surface area contributed by atoms with Crippen LogP contribution in [0.5, 0.6) is 0 Å². The molecule has 0 spiro atoms. The Kier molecular flexibility index (Phi) is 2.99. The Morgan fingerprint density at radius 3 is 2.73 bits per heavy atom. The summed E-state index contributed by atoms with van der Waals surface area (Å²) in [4.78, 5) is 12.4. The Morgan fingerprint density at radius 1 is 1.13 bits per heavy atom. The normalized spacial score (nSPS) is 12.3. The molecule has 0 amide bonds. The lowest BCUT2D eigenvalue weighted by Gasteiger charge is -2.09. The number of nitrogens with two attached hydrogens (primary N) is 1. The topological polar surface area (TPSA) is 64.7 Å². The van der Waals surface area contributed by atoms with Crippen molar-refractivity contribution in [1.82, 2.24) is 15.0 Å². The van der Waals surface area contributed by atoms with E-state index in [9.17, 15) is 0 Å². The van der Waals surface area contributed by atoms with Gasteiger partial charge in [-0.2, -0.15) is 0 Å². The smallest absolute Gasteiger partial charge is 0.0757 e. The molecule has 0 aliphatic heterocycles. The van der Waals surface area contributed by atoms with E-state index in [1.54, 1.807) is 24.8 Å². The Bertz CT molecular complexity index is 401. The van der Waals surface area contributed by atoms with Crippen LogP contribution < -0.4 is 5.73 Å². The Hall–Kier alpha value is -1.81. The third-order valence-corrected chi connectivity index (χ3v) is 2.12. The van der Waals surface area contributed by atoms with Gasteiger partial charge < -0.3 is 5.73 Å². The van der Waals surface area contributed by atoms with E-state index in [1.807, 2.05) is 18.2 Å². The fraction of sp³-hybridized carbons (Fsp3) is 0.182. The standard InChI is InChI=1S/C11H12N4/c12-10(11-8-13-5-6-15-11)7-9-3-1-2-4-14-9/h1-6,8,10H,7,12H2. The fourth-order valence-corrected chi connectivity index (χ4v) is 1.35. The predicted molar refractivity (Wildman–Crippen MR) is 56.9 cm³/mol. The molecule has 0 fully saturated rings. The molecule has 0 bridgehead atoms. The molecule has 2 heterocycles. The maximum absolute atomic E-state index is 5.98. The molecule has 2 aromatic heterocycles. The number of pyridine rings is 1. The summed E-state index contributed by atoms with van der Waals surface area (Å²) >= 11 is 0. The van der Waals surface area contributed by atoms with Gasteiger partial charge in [-0.1, -0.05) is 6.07 Å². The van der Waals surface area contributed by atoms with Gasteiger partial charge in [-0.15, -0.1) is 0 Å². The Balaban J connectivity index is 2.08. The van der Waals surface area contributed by atoms with Crippen LogP contribution in [0.1, 0.15) is 17.4 Å². The highest BCUT2D eigenvalue weighted by Gasteiger charge is 2.08. The summed E-state index contributed by atoms with van der Waals surface area (Å²) in [5.74, 6) is 0. The van der Waals surface area contributed by atoms with E-state index >= 15 is 0 Å². The molecular formula is C11H12N4. The summed E-state index contributed by atoms with van der Waals surface area (Å²) in [6, 6.07) is 5.65. The lowest BCUT2D eigenvalue weighted by Crippen LogP contribution is -2.15. The first-order valence-corrected chi connectivity index (χ1v) is 4.77. The largest absolute Gasteiger partial charge is 0.322 e. The van der Waals surface area contributed by atoms with Crippen molar-refractivity contribution in [3.05, 3.63) is 54.4 Å². The lowest BCUT2D eigenvalue weighted by atomic mass is 10.1. The van der Waals surface area contributed by atoms with Gasteiger partial charge in [0.05, 0.1) is 11.7 Å². The zero-order valence-electron chi connectivity index (χ0n) is 8.24. The number of aromatic nitrogens is 3. The van der Waals surface area contributed by atoms with Crippen LogP contribution in [0.25, 0.3) is 0 Å². The molecular weight excluding hydrogens is 188 g/mol. The minimum Gasteiger partial charge on any atom is -0.322 e. The monoisotopic (exact) mass is 200 g/mol. The third-order valence-electron chi connectivity index (χ3n) is 2.12. The van der Waals surface area contributed by atoms with E-state index in [4.69, 9.17) is 5.73 Å². The van der Waals surface area contributed by atoms with Crippen LogP contribution in [0.2, 0.25) is 0 Å². The van der Waals surface area contributed by atoms with Crippen LogP contribution in [0.3, 0.4) is 0 Å². The van der Waals surface area contributed by atoms with Crippen molar-refractivity contribution in [2.24, 2.45) is 5.73 Å². The van der Waals surface area contributed by atoms with Crippen molar-refractivity contribution >= 4 is 0 Å². The molecule has 0 aromatic carbocycles. The maximum atomic E-state index is 5.98. The number of hydrogen-bond donors (Lipinski definition) is 1. The van der Waals surface area contributed by atoms with Crippen molar-refractivity contribution in [3.63, 3.8) is 0 Å². The van der Waals surface area contributed by atoms with Crippen molar-refractivity contribution in [1.29, 1.82) is 0 Å². The molecule has 1 unspecified atom stereocenters. The van der Waals surface area contributed by atoms with Gasteiger partial charge >= 0.3 is 0 Å². The zero-order valence-corrected chi connectivity index (χ0v) is 8.24. The average Bonchev–Trinajstić information content (AvgIpc) is 2.31. The summed E-state index contributed by atoms with van der Waals surface area (Å²) in [6.07, 6.45) is 7.41. The van der Waals surface area contributed by atoms with Crippen molar-refractivity contribution < 1.29 is 0 Å². The van der Waals surface area contributed by atoms with Crippen LogP contribution in [-0.2, 0) is 6.42 Å². The van der Waals surface area contributed by atoms with Gasteiger partial charge in [0, 0.05) is 36.9 Å². The second-order valence-electron chi connectivity index (χ2n) is 3.26. The van der Waals surface area contributed by atoms with Gasteiger partial charge in [0.2, 0.25) is 0 Å². The first-order valence-electron chi connectivity index (χ1n) is 4.77. The van der Waals surface area contributed by atoms with E-state index in [0.29, 0.717) is 6.42 Å². The van der Waals surface area contributed by atoms with E-state index in [-0.39, 0.29) is 6.04 Å². The van der Waals surface area contributed by atoms with Crippen LogP contribution in [0.4, 0.5) is 0 Å². The first-order chi connectivity index (χ1) is 7.36. The van der Waals surface area contributed by atoms with Gasteiger partial charge in [-0.3, -0.25) is 15.0 Å². The second-order valence-corrected chi connectivity index (χ2v) is 3.26. The van der Waals surface area contributed by atoms with Crippen molar-refractivity contribution in [2.75, 3.05) is 0 Å². The SMILES string of the molecule is NC(Cc1ccccn1)c1cnccn1. The number of hydrogen-bond acceptors (Lipinski definition) is 4. The van der Waals surface area contributed by atoms with Crippen LogP contribution >= 0.6 is 0 Å². The van der Waals surface area contributed by atoms with Crippen LogP contribution in [0.15, 0.2) is 43.0 Å². The summed E-state index contributed by atoms with van der Waals surface area (Å²) < 4.78 is 0. The molecule has 0 aliphatic rings. The van der Waals surface area contributed by atoms with Crippen molar-refractivity contribution in [3.8, 4) is 0 Å². The van der Waals surface area contributed by atoms with Crippen molar-refractivity contribution in [2.45, 2.75) is 12.5 Å². The van der Waals surface area contributed by atoms with E-state index in [1.165, 1.54) is 0 Å². The third kappa shape index (κ3) is 2.57. The quantitative estimate of drug-likeness (QED) is 0.806. The van der Waals surface area contributed by atoms with Gasteiger partial charge in [0.1, 0.15) is 0 Å². The molecule has 0 saturated carbocycles. The highest BCUT2D eigenvalue weighted by molar-refractivity contribution is 5.10. The maximum Gasteiger partial charge on any atom is 0.0757 e. The highest BCUT2D eigenvalue weighted by Crippen LogP contribution is 2.10. The lowest BCUT2D eigenvalue weighted by molar-refractivity contribution is 0.678. The summed E-state index contributed by atoms with van der Waals surface area (Å²) in [5, 5.41) is 0. The predicted octanol–water partition coefficient (Wildman–Crippen LogP) is 1.11. The van der Waals surface area contributed by atoms with E-state index < -0.39 is 0 Å². The second kappa shape index (κ2) is 4.61. The van der Waals surface area contributed by atoms with E-state index in [2.05, 4.69) is 15.0 Å². The molecule has 15 heavy (non-hydrogen) atoms. The summed E-state index contributed by atoms with van der Waals surface area (Å²) in [5.41, 5.74) is 7.75. The molecule has 1 atom stereocenters. The van der Waals surface area contributed by atoms with Gasteiger partial charge in [-0.25, -0.2) is 0 Å². The van der Waals surface area contributed by atoms with Gasteiger partial charge in [0.25, 0.3) is 0 Å². The van der Waals surface area contributed by atoms with Crippen LogP contribution in [0, 0.1) is 0 Å². The number of nitrogens with zero attached hydrogens (tertiary/aromatic N) is 3. The summed E-state index contributed by atoms with van der Waals surface area (Å²) in [6.45, 7) is 0. The molecule has 2 N–H and O–H groups in total. The fourth-order valence-electron chi connectivity index (χ4n) is 1.35. The Labute approximate surface area is 88.2 Å². The van der Waals surface area contributed by atoms with E-state index in [0.717, 1.165) is 11.4 Å². The molecule has 4 nitrogen and oxygen atoms in total.